The van der Waals surface area contributed by atoms with Gasteiger partial charge in [0.1, 0.15) is 5.15 Å². The number of carbonyl (C=O) groups is 1. The molecule has 0 aliphatic heterocycles. The zero-order chi connectivity index (χ0) is 15.1. The van der Waals surface area contributed by atoms with Crippen LogP contribution < -0.4 is 0 Å². The number of hydrogen-bond donors (Lipinski definition) is 0. The molecule has 0 saturated heterocycles. The predicted molar refractivity (Wildman–Crippen MR) is 80.3 cm³/mol. The van der Waals surface area contributed by atoms with Crippen molar-refractivity contribution >= 4 is 17.5 Å². The molecule has 20 heavy (non-hydrogen) atoms. The third kappa shape index (κ3) is 5.88. The van der Waals surface area contributed by atoms with E-state index < -0.39 is 0 Å². The van der Waals surface area contributed by atoms with Gasteiger partial charge >= 0.3 is 0 Å². The standard InChI is InChI=1S/C15H23ClN2O2/c1-11(2)9-18(20-10-12(3)4)14(19)8-13-6-5-7-17-15(13)16/h5-7,11-12H,8-10H2,1-4H3. The SMILES string of the molecule is CC(C)CON(CC(C)C)C(=O)Cc1cccnc1Cl. The van der Waals surface area contributed by atoms with Gasteiger partial charge in [0, 0.05) is 6.20 Å². The Morgan fingerprint density at radius 1 is 1.35 bits per heavy atom. The normalized spacial score (nSPS) is 11.2. The molecule has 1 amide bonds. The van der Waals surface area contributed by atoms with Crippen molar-refractivity contribution in [3.63, 3.8) is 0 Å². The van der Waals surface area contributed by atoms with E-state index >= 15 is 0 Å². The lowest BCUT2D eigenvalue weighted by Gasteiger charge is -2.24. The average molecular weight is 299 g/mol. The zero-order valence-electron chi connectivity index (χ0n) is 12.6. The fourth-order valence-electron chi connectivity index (χ4n) is 1.60. The number of hydroxylamine groups is 2. The Kier molecular flexibility index (Phi) is 6.96. The molecule has 0 radical (unpaired) electrons. The summed E-state index contributed by atoms with van der Waals surface area (Å²) in [6, 6.07) is 3.58. The summed E-state index contributed by atoms with van der Waals surface area (Å²) in [4.78, 5) is 21.9. The topological polar surface area (TPSA) is 42.4 Å². The maximum atomic E-state index is 12.3. The lowest BCUT2D eigenvalue weighted by molar-refractivity contribution is -0.192. The second-order valence-corrected chi connectivity index (χ2v) is 6.03. The molecule has 0 N–H and O–H groups in total. The predicted octanol–water partition coefficient (Wildman–Crippen LogP) is 3.35. The van der Waals surface area contributed by atoms with Gasteiger partial charge in [-0.2, -0.15) is 0 Å². The smallest absolute Gasteiger partial charge is 0.250 e. The van der Waals surface area contributed by atoms with E-state index in [9.17, 15) is 4.79 Å². The van der Waals surface area contributed by atoms with Crippen LogP contribution in [0.3, 0.4) is 0 Å². The molecule has 0 spiro atoms. The highest BCUT2D eigenvalue weighted by Crippen LogP contribution is 2.14. The van der Waals surface area contributed by atoms with Gasteiger partial charge in [0.2, 0.25) is 0 Å². The van der Waals surface area contributed by atoms with Crippen LogP contribution >= 0.6 is 11.6 Å². The van der Waals surface area contributed by atoms with E-state index in [1.807, 2.05) is 6.07 Å². The highest BCUT2D eigenvalue weighted by molar-refractivity contribution is 6.30. The average Bonchev–Trinajstić information content (AvgIpc) is 2.36. The summed E-state index contributed by atoms with van der Waals surface area (Å²) in [5, 5.41) is 1.82. The first-order chi connectivity index (χ1) is 9.40. The summed E-state index contributed by atoms with van der Waals surface area (Å²) < 4.78 is 0. The van der Waals surface area contributed by atoms with Crippen LogP contribution in [0.5, 0.6) is 0 Å². The van der Waals surface area contributed by atoms with Crippen molar-refractivity contribution in [2.75, 3.05) is 13.2 Å². The van der Waals surface area contributed by atoms with Gasteiger partial charge in [0.05, 0.1) is 19.6 Å². The molecule has 0 atom stereocenters. The Morgan fingerprint density at radius 2 is 2.05 bits per heavy atom. The van der Waals surface area contributed by atoms with Crippen molar-refractivity contribution in [3.05, 3.63) is 29.0 Å². The first kappa shape index (κ1) is 16.9. The summed E-state index contributed by atoms with van der Waals surface area (Å²) in [6.45, 7) is 9.31. The van der Waals surface area contributed by atoms with E-state index in [0.717, 1.165) is 5.56 Å². The number of pyridine rings is 1. The van der Waals surface area contributed by atoms with Gasteiger partial charge in [-0.25, -0.2) is 10.0 Å². The minimum Gasteiger partial charge on any atom is -0.272 e. The van der Waals surface area contributed by atoms with E-state index in [2.05, 4.69) is 32.7 Å². The fourth-order valence-corrected chi connectivity index (χ4v) is 1.79. The highest BCUT2D eigenvalue weighted by Gasteiger charge is 2.18. The lowest BCUT2D eigenvalue weighted by atomic mass is 10.2. The molecule has 5 heteroatoms. The van der Waals surface area contributed by atoms with Crippen LogP contribution in [0.25, 0.3) is 0 Å². The van der Waals surface area contributed by atoms with E-state index in [4.69, 9.17) is 16.4 Å². The van der Waals surface area contributed by atoms with Gasteiger partial charge < -0.3 is 0 Å². The number of rotatable bonds is 7. The van der Waals surface area contributed by atoms with Crippen molar-refractivity contribution in [2.24, 2.45) is 11.8 Å². The first-order valence-corrected chi connectivity index (χ1v) is 7.30. The molecule has 1 aromatic heterocycles. The quantitative estimate of drug-likeness (QED) is 0.573. The van der Waals surface area contributed by atoms with Gasteiger partial charge in [-0.1, -0.05) is 45.4 Å². The summed E-state index contributed by atoms with van der Waals surface area (Å²) in [6.07, 6.45) is 1.81. The molecular formula is C15H23ClN2O2. The van der Waals surface area contributed by atoms with E-state index in [0.29, 0.717) is 30.1 Å². The van der Waals surface area contributed by atoms with Gasteiger partial charge in [0.15, 0.2) is 0 Å². The summed E-state index contributed by atoms with van der Waals surface area (Å²) in [5.74, 6) is 0.629. The Balaban J connectivity index is 2.69. The highest BCUT2D eigenvalue weighted by atomic mass is 35.5. The Bertz CT molecular complexity index is 436. The number of aromatic nitrogens is 1. The Labute approximate surface area is 126 Å². The number of carbonyl (C=O) groups excluding carboxylic acids is 1. The summed E-state index contributed by atoms with van der Waals surface area (Å²) >= 11 is 5.98. The van der Waals surface area contributed by atoms with E-state index in [1.165, 1.54) is 5.06 Å². The second kappa shape index (κ2) is 8.22. The molecule has 112 valence electrons. The third-order valence-corrected chi connectivity index (χ3v) is 2.89. The molecule has 0 aliphatic carbocycles. The molecule has 1 heterocycles. The fraction of sp³-hybridized carbons (Fsp3) is 0.600. The minimum absolute atomic E-state index is 0.0887. The van der Waals surface area contributed by atoms with Crippen LogP contribution in [-0.4, -0.2) is 29.1 Å². The molecule has 0 aliphatic rings. The van der Waals surface area contributed by atoms with Crippen LogP contribution in [0.2, 0.25) is 5.15 Å². The number of hydrogen-bond acceptors (Lipinski definition) is 3. The molecule has 4 nitrogen and oxygen atoms in total. The van der Waals surface area contributed by atoms with E-state index in [-0.39, 0.29) is 12.3 Å². The minimum atomic E-state index is -0.0887. The van der Waals surface area contributed by atoms with Crippen molar-refractivity contribution in [2.45, 2.75) is 34.1 Å². The monoisotopic (exact) mass is 298 g/mol. The maximum Gasteiger partial charge on any atom is 0.250 e. The van der Waals surface area contributed by atoms with Crippen molar-refractivity contribution < 1.29 is 9.63 Å². The maximum absolute atomic E-state index is 12.3. The Morgan fingerprint density at radius 3 is 2.60 bits per heavy atom. The molecule has 0 bridgehead atoms. The van der Waals surface area contributed by atoms with Crippen LogP contribution in [-0.2, 0) is 16.1 Å². The summed E-state index contributed by atoms with van der Waals surface area (Å²) in [5.41, 5.74) is 0.723. The number of halogens is 1. The van der Waals surface area contributed by atoms with Gasteiger partial charge in [-0.3, -0.25) is 9.63 Å². The molecule has 1 aromatic rings. The van der Waals surface area contributed by atoms with Gasteiger partial charge in [-0.15, -0.1) is 0 Å². The van der Waals surface area contributed by atoms with Crippen molar-refractivity contribution in [3.8, 4) is 0 Å². The number of nitrogens with zero attached hydrogens (tertiary/aromatic N) is 2. The van der Waals surface area contributed by atoms with Crippen LogP contribution in [0.15, 0.2) is 18.3 Å². The van der Waals surface area contributed by atoms with Crippen molar-refractivity contribution in [1.29, 1.82) is 0 Å². The molecule has 0 fully saturated rings. The lowest BCUT2D eigenvalue weighted by Crippen LogP contribution is -2.36. The van der Waals surface area contributed by atoms with Gasteiger partial charge in [0.25, 0.3) is 5.91 Å². The second-order valence-electron chi connectivity index (χ2n) is 5.67. The molecular weight excluding hydrogens is 276 g/mol. The third-order valence-electron chi connectivity index (χ3n) is 2.55. The van der Waals surface area contributed by atoms with E-state index in [1.54, 1.807) is 12.3 Å². The molecule has 1 rings (SSSR count). The molecule has 0 aromatic carbocycles. The molecule has 0 saturated carbocycles. The van der Waals surface area contributed by atoms with Gasteiger partial charge in [-0.05, 0) is 23.5 Å². The first-order valence-electron chi connectivity index (χ1n) is 6.92. The van der Waals surface area contributed by atoms with Crippen LogP contribution in [0, 0.1) is 11.8 Å². The zero-order valence-corrected chi connectivity index (χ0v) is 13.4. The molecule has 0 unspecified atom stereocenters. The Hall–Kier alpha value is -1.13. The largest absolute Gasteiger partial charge is 0.272 e. The van der Waals surface area contributed by atoms with Crippen molar-refractivity contribution in [1.82, 2.24) is 10.0 Å². The van der Waals surface area contributed by atoms with Crippen LogP contribution in [0.4, 0.5) is 0 Å². The number of amides is 1. The summed E-state index contributed by atoms with van der Waals surface area (Å²) in [7, 11) is 0. The van der Waals surface area contributed by atoms with Crippen LogP contribution in [0.1, 0.15) is 33.3 Å².